The van der Waals surface area contributed by atoms with Crippen molar-refractivity contribution in [1.82, 2.24) is 20.1 Å². The summed E-state index contributed by atoms with van der Waals surface area (Å²) in [4.78, 5) is 32.5. The first-order valence-electron chi connectivity index (χ1n) is 8.40. The van der Waals surface area contributed by atoms with E-state index in [1.165, 1.54) is 9.60 Å². The molecule has 0 unspecified atom stereocenters. The molecule has 4 rings (SSSR count). The van der Waals surface area contributed by atoms with Gasteiger partial charge in [-0.2, -0.15) is 0 Å². The molecular weight excluding hydrogens is 324 g/mol. The molecule has 2 aromatic rings. The third kappa shape index (κ3) is 2.89. The average molecular weight is 344 g/mol. The zero-order valence-corrected chi connectivity index (χ0v) is 14.2. The Morgan fingerprint density at radius 3 is 2.96 bits per heavy atom. The number of hydrogen-bond acceptors (Lipinski definition) is 5. The van der Waals surface area contributed by atoms with Crippen LogP contribution < -0.4 is 5.32 Å². The van der Waals surface area contributed by atoms with Gasteiger partial charge in [-0.05, 0) is 31.5 Å². The van der Waals surface area contributed by atoms with Crippen LogP contribution in [0.4, 0.5) is 4.79 Å². The van der Waals surface area contributed by atoms with Crippen LogP contribution in [0.2, 0.25) is 0 Å². The number of rotatable bonds is 3. The molecule has 126 valence electrons. The minimum absolute atomic E-state index is 0.113. The van der Waals surface area contributed by atoms with Gasteiger partial charge in [0.25, 0.3) is 0 Å². The molecule has 1 aromatic heterocycles. The zero-order chi connectivity index (χ0) is 16.5. The first kappa shape index (κ1) is 15.5. The predicted octanol–water partition coefficient (Wildman–Crippen LogP) is 2.38. The summed E-state index contributed by atoms with van der Waals surface area (Å²) >= 11 is 1.71. The van der Waals surface area contributed by atoms with Gasteiger partial charge in [0.15, 0.2) is 0 Å². The van der Waals surface area contributed by atoms with Crippen molar-refractivity contribution in [3.8, 4) is 0 Å². The number of carbonyl (C=O) groups is 2. The lowest BCUT2D eigenvalue weighted by molar-refractivity contribution is -0.129. The summed E-state index contributed by atoms with van der Waals surface area (Å²) in [5.41, 5.74) is 1.02. The summed E-state index contributed by atoms with van der Waals surface area (Å²) in [5.74, 6) is -0.113. The van der Waals surface area contributed by atoms with E-state index >= 15 is 0 Å². The molecule has 2 saturated heterocycles. The van der Waals surface area contributed by atoms with E-state index in [4.69, 9.17) is 4.98 Å². The highest BCUT2D eigenvalue weighted by atomic mass is 32.1. The van der Waals surface area contributed by atoms with Gasteiger partial charge in [-0.15, -0.1) is 11.3 Å². The molecule has 2 fully saturated rings. The Morgan fingerprint density at radius 1 is 1.29 bits per heavy atom. The van der Waals surface area contributed by atoms with Gasteiger partial charge in [0.2, 0.25) is 5.91 Å². The first-order valence-corrected chi connectivity index (χ1v) is 9.22. The second-order valence-electron chi connectivity index (χ2n) is 6.28. The molecule has 0 saturated carbocycles. The number of hydrogen-bond donors (Lipinski definition) is 1. The lowest BCUT2D eigenvalue weighted by Crippen LogP contribution is -2.44. The normalized spacial score (nSPS) is 22.1. The topological polar surface area (TPSA) is 65.5 Å². The standard InChI is InChI=1S/C17H20N4O2S/c22-15(21-10-8-18-17(21)23)11-20-9-4-3-6-13(20)16-19-12-5-1-2-7-14(12)24-16/h1-2,5,7,13H,3-4,6,8-11H2,(H,18,23)/t13-/m0/s1. The third-order valence-electron chi connectivity index (χ3n) is 4.71. The van der Waals surface area contributed by atoms with Crippen LogP contribution >= 0.6 is 11.3 Å². The lowest BCUT2D eigenvalue weighted by Gasteiger charge is -2.34. The molecule has 3 heterocycles. The predicted molar refractivity (Wildman–Crippen MR) is 92.9 cm³/mol. The molecule has 0 bridgehead atoms. The quantitative estimate of drug-likeness (QED) is 0.928. The van der Waals surface area contributed by atoms with Gasteiger partial charge < -0.3 is 5.32 Å². The fraction of sp³-hybridized carbons (Fsp3) is 0.471. The van der Waals surface area contributed by atoms with Crippen molar-refractivity contribution in [2.24, 2.45) is 0 Å². The average Bonchev–Trinajstić information content (AvgIpc) is 3.21. The van der Waals surface area contributed by atoms with E-state index in [0.29, 0.717) is 13.1 Å². The Hall–Kier alpha value is -1.99. The van der Waals surface area contributed by atoms with Crippen molar-refractivity contribution in [3.63, 3.8) is 0 Å². The summed E-state index contributed by atoms with van der Waals surface area (Å²) in [6, 6.07) is 8.05. The van der Waals surface area contributed by atoms with Crippen molar-refractivity contribution >= 4 is 33.5 Å². The van der Waals surface area contributed by atoms with Gasteiger partial charge in [-0.3, -0.25) is 14.6 Å². The molecule has 24 heavy (non-hydrogen) atoms. The van der Waals surface area contributed by atoms with E-state index < -0.39 is 0 Å². The van der Waals surface area contributed by atoms with Gasteiger partial charge in [-0.25, -0.2) is 9.78 Å². The number of nitrogens with zero attached hydrogens (tertiary/aromatic N) is 3. The van der Waals surface area contributed by atoms with Crippen molar-refractivity contribution < 1.29 is 9.59 Å². The number of thiazole rings is 1. The number of fused-ring (bicyclic) bond motifs is 1. The number of aromatic nitrogens is 1. The van der Waals surface area contributed by atoms with E-state index in [1.54, 1.807) is 11.3 Å². The van der Waals surface area contributed by atoms with Crippen LogP contribution in [0.15, 0.2) is 24.3 Å². The highest BCUT2D eigenvalue weighted by Crippen LogP contribution is 2.35. The van der Waals surface area contributed by atoms with Crippen LogP contribution in [-0.4, -0.2) is 52.9 Å². The van der Waals surface area contributed by atoms with Gasteiger partial charge in [-0.1, -0.05) is 18.6 Å². The maximum atomic E-state index is 12.5. The molecule has 2 aliphatic rings. The maximum absolute atomic E-state index is 12.5. The molecule has 1 atom stereocenters. The first-order chi connectivity index (χ1) is 11.7. The lowest BCUT2D eigenvalue weighted by atomic mass is 10.0. The van der Waals surface area contributed by atoms with Gasteiger partial charge in [0, 0.05) is 13.1 Å². The Kier molecular flexibility index (Phi) is 4.20. The summed E-state index contributed by atoms with van der Waals surface area (Å²) < 4.78 is 1.18. The summed E-state index contributed by atoms with van der Waals surface area (Å²) in [5, 5.41) is 3.76. The molecular formula is C17H20N4O2S. The Labute approximate surface area is 144 Å². The SMILES string of the molecule is O=C(CN1CCCC[C@H]1c1nc2ccccc2s1)N1CCNC1=O. The molecule has 0 radical (unpaired) electrons. The summed E-state index contributed by atoms with van der Waals surface area (Å²) in [6.45, 7) is 2.18. The Balaban J connectivity index is 1.54. The van der Waals surface area contributed by atoms with Crippen molar-refractivity contribution in [2.45, 2.75) is 25.3 Å². The number of urea groups is 1. The maximum Gasteiger partial charge on any atom is 0.324 e. The van der Waals surface area contributed by atoms with Crippen LogP contribution in [-0.2, 0) is 4.79 Å². The molecule has 6 nitrogen and oxygen atoms in total. The van der Waals surface area contributed by atoms with Crippen molar-refractivity contribution in [2.75, 3.05) is 26.2 Å². The van der Waals surface area contributed by atoms with E-state index in [0.717, 1.165) is 36.3 Å². The number of amides is 3. The van der Waals surface area contributed by atoms with Crippen LogP contribution in [0.25, 0.3) is 10.2 Å². The van der Waals surface area contributed by atoms with Gasteiger partial charge in [0.05, 0.1) is 22.8 Å². The fourth-order valence-corrected chi connectivity index (χ4v) is 4.60. The number of para-hydroxylation sites is 1. The zero-order valence-electron chi connectivity index (χ0n) is 13.4. The van der Waals surface area contributed by atoms with Crippen LogP contribution in [0, 0.1) is 0 Å². The summed E-state index contributed by atoms with van der Waals surface area (Å²) in [6.07, 6.45) is 3.25. The molecule has 0 aliphatic carbocycles. The molecule has 1 N–H and O–H groups in total. The Bertz CT molecular complexity index is 742. The highest BCUT2D eigenvalue weighted by Gasteiger charge is 2.32. The van der Waals surface area contributed by atoms with Crippen LogP contribution in [0.3, 0.4) is 0 Å². The largest absolute Gasteiger partial charge is 0.336 e. The monoisotopic (exact) mass is 344 g/mol. The fourth-order valence-electron chi connectivity index (χ4n) is 3.46. The number of carbonyl (C=O) groups excluding carboxylic acids is 2. The third-order valence-corrected chi connectivity index (χ3v) is 5.84. The molecule has 3 amide bonds. The van der Waals surface area contributed by atoms with Crippen molar-refractivity contribution in [3.05, 3.63) is 29.3 Å². The molecule has 2 aliphatic heterocycles. The second-order valence-corrected chi connectivity index (χ2v) is 7.34. The number of benzene rings is 1. The van der Waals surface area contributed by atoms with Gasteiger partial charge in [0.1, 0.15) is 5.01 Å². The molecule has 7 heteroatoms. The highest BCUT2D eigenvalue weighted by molar-refractivity contribution is 7.18. The summed E-state index contributed by atoms with van der Waals surface area (Å²) in [7, 11) is 0. The number of nitrogens with one attached hydrogen (secondary N) is 1. The van der Waals surface area contributed by atoms with Crippen molar-refractivity contribution in [1.29, 1.82) is 0 Å². The van der Waals surface area contributed by atoms with Crippen LogP contribution in [0.5, 0.6) is 0 Å². The molecule has 1 aromatic carbocycles. The second kappa shape index (κ2) is 6.49. The van der Waals surface area contributed by atoms with Crippen LogP contribution in [0.1, 0.15) is 30.3 Å². The van der Waals surface area contributed by atoms with E-state index in [-0.39, 0.29) is 24.5 Å². The van der Waals surface area contributed by atoms with E-state index in [1.807, 2.05) is 18.2 Å². The minimum Gasteiger partial charge on any atom is -0.336 e. The Morgan fingerprint density at radius 2 is 2.17 bits per heavy atom. The molecule has 0 spiro atoms. The van der Waals surface area contributed by atoms with E-state index in [9.17, 15) is 9.59 Å². The minimum atomic E-state index is -0.270. The van der Waals surface area contributed by atoms with Gasteiger partial charge >= 0.3 is 6.03 Å². The number of piperidine rings is 1. The smallest absolute Gasteiger partial charge is 0.324 e. The van der Waals surface area contributed by atoms with E-state index in [2.05, 4.69) is 16.3 Å². The number of likely N-dealkylation sites (tertiary alicyclic amines) is 1. The number of imide groups is 1.